The SMILES string of the molecule is Cc1cc(/C(O)=C2\C(=O)C(=O)N(Cc3ccco3)C2c2c(C)[nH]c3ccccc23)ccc1Br. The van der Waals surface area contributed by atoms with E-state index in [1.54, 1.807) is 24.3 Å². The topological polar surface area (TPSA) is 86.5 Å². The quantitative estimate of drug-likeness (QED) is 0.210. The first kappa shape index (κ1) is 21.3. The molecule has 1 aliphatic heterocycles. The minimum absolute atomic E-state index is 0.0705. The van der Waals surface area contributed by atoms with E-state index in [4.69, 9.17) is 4.42 Å². The van der Waals surface area contributed by atoms with Gasteiger partial charge in [0.1, 0.15) is 11.5 Å². The molecule has 6 nitrogen and oxygen atoms in total. The van der Waals surface area contributed by atoms with Crippen LogP contribution in [0, 0.1) is 13.8 Å². The molecular weight excluding hydrogens is 484 g/mol. The van der Waals surface area contributed by atoms with Crippen LogP contribution < -0.4 is 0 Å². The summed E-state index contributed by atoms with van der Waals surface area (Å²) < 4.78 is 6.37. The molecule has 1 aliphatic rings. The molecule has 166 valence electrons. The van der Waals surface area contributed by atoms with Crippen LogP contribution in [-0.2, 0) is 16.1 Å². The second kappa shape index (κ2) is 8.08. The van der Waals surface area contributed by atoms with E-state index < -0.39 is 17.7 Å². The number of nitrogens with one attached hydrogen (secondary N) is 1. The van der Waals surface area contributed by atoms with Crippen molar-refractivity contribution in [2.75, 3.05) is 0 Å². The number of hydrogen-bond acceptors (Lipinski definition) is 4. The van der Waals surface area contributed by atoms with Gasteiger partial charge in [0, 0.05) is 32.2 Å². The molecule has 2 aromatic carbocycles. The van der Waals surface area contributed by atoms with Gasteiger partial charge in [0.15, 0.2) is 0 Å². The second-order valence-electron chi connectivity index (χ2n) is 8.18. The Kier molecular flexibility index (Phi) is 5.21. The van der Waals surface area contributed by atoms with Gasteiger partial charge in [0.25, 0.3) is 11.7 Å². The van der Waals surface area contributed by atoms with Crippen molar-refractivity contribution in [1.29, 1.82) is 0 Å². The molecule has 5 rings (SSSR count). The standard InChI is InChI=1S/C26H21BrN2O4/c1-14-12-16(9-10-19(14)27)24(30)22-23(21-15(2)28-20-8-4-3-7-18(20)21)29(26(32)25(22)31)13-17-6-5-11-33-17/h3-12,23,28,30H,13H2,1-2H3/b24-22+. The third-order valence-electron chi connectivity index (χ3n) is 6.09. The summed E-state index contributed by atoms with van der Waals surface area (Å²) in [6, 6.07) is 15.8. The number of aryl methyl sites for hydroxylation is 2. The van der Waals surface area contributed by atoms with Crippen LogP contribution in [-0.4, -0.2) is 26.7 Å². The molecule has 1 amide bonds. The Hall–Kier alpha value is -3.58. The fourth-order valence-electron chi connectivity index (χ4n) is 4.51. The maximum Gasteiger partial charge on any atom is 0.296 e. The summed E-state index contributed by atoms with van der Waals surface area (Å²) in [7, 11) is 0. The molecule has 0 spiro atoms. The third-order valence-corrected chi connectivity index (χ3v) is 6.98. The first-order chi connectivity index (χ1) is 15.9. The van der Waals surface area contributed by atoms with Crippen LogP contribution in [0.15, 0.2) is 75.3 Å². The van der Waals surface area contributed by atoms with Crippen LogP contribution in [0.4, 0.5) is 0 Å². The Bertz CT molecular complexity index is 1430. The van der Waals surface area contributed by atoms with Gasteiger partial charge < -0.3 is 19.4 Å². The highest BCUT2D eigenvalue weighted by atomic mass is 79.9. The Balaban J connectivity index is 1.76. The normalized spacial score (nSPS) is 17.9. The smallest absolute Gasteiger partial charge is 0.296 e. The van der Waals surface area contributed by atoms with Crippen molar-refractivity contribution in [3.63, 3.8) is 0 Å². The highest BCUT2D eigenvalue weighted by Gasteiger charge is 2.47. The van der Waals surface area contributed by atoms with Crippen molar-refractivity contribution >= 4 is 44.3 Å². The predicted octanol–water partition coefficient (Wildman–Crippen LogP) is 5.76. The number of nitrogens with zero attached hydrogens (tertiary/aromatic N) is 1. The van der Waals surface area contributed by atoms with Crippen LogP contribution in [0.2, 0.25) is 0 Å². The van der Waals surface area contributed by atoms with Crippen molar-refractivity contribution in [2.24, 2.45) is 0 Å². The van der Waals surface area contributed by atoms with Crippen LogP contribution >= 0.6 is 15.9 Å². The fraction of sp³-hybridized carbons (Fsp3) is 0.154. The number of furan rings is 1. The average Bonchev–Trinajstić information content (AvgIpc) is 3.48. The molecule has 33 heavy (non-hydrogen) atoms. The van der Waals surface area contributed by atoms with E-state index in [0.29, 0.717) is 11.3 Å². The summed E-state index contributed by atoms with van der Waals surface area (Å²) in [6.45, 7) is 3.92. The van der Waals surface area contributed by atoms with Gasteiger partial charge in [-0.3, -0.25) is 9.59 Å². The predicted molar refractivity (Wildman–Crippen MR) is 128 cm³/mol. The number of likely N-dealkylation sites (tertiary alicyclic amines) is 1. The summed E-state index contributed by atoms with van der Waals surface area (Å²) in [5.74, 6) is -1.02. The largest absolute Gasteiger partial charge is 0.507 e. The zero-order chi connectivity index (χ0) is 23.3. The molecule has 2 N–H and O–H groups in total. The summed E-state index contributed by atoms with van der Waals surface area (Å²) in [5.41, 5.74) is 3.96. The molecule has 7 heteroatoms. The molecule has 1 fully saturated rings. The number of rotatable bonds is 4. The number of Topliss-reactive ketones (excluding diaryl/α,β-unsaturated/α-hetero) is 1. The summed E-state index contributed by atoms with van der Waals surface area (Å²) in [6.07, 6.45) is 1.53. The van der Waals surface area contributed by atoms with E-state index in [0.717, 1.165) is 32.2 Å². The van der Waals surface area contributed by atoms with Crippen molar-refractivity contribution in [3.05, 3.63) is 99.1 Å². The highest BCUT2D eigenvalue weighted by molar-refractivity contribution is 9.10. The molecule has 0 saturated carbocycles. The molecule has 1 saturated heterocycles. The van der Waals surface area contributed by atoms with Gasteiger partial charge in [-0.2, -0.15) is 0 Å². The molecule has 3 heterocycles. The third kappa shape index (κ3) is 3.49. The van der Waals surface area contributed by atoms with Gasteiger partial charge in [-0.05, 0) is 49.7 Å². The zero-order valence-corrected chi connectivity index (χ0v) is 19.6. The summed E-state index contributed by atoms with van der Waals surface area (Å²) >= 11 is 3.46. The molecule has 0 radical (unpaired) electrons. The number of carbonyl (C=O) groups is 2. The number of aromatic amines is 1. The fourth-order valence-corrected chi connectivity index (χ4v) is 4.76. The van der Waals surface area contributed by atoms with Crippen LogP contribution in [0.25, 0.3) is 16.7 Å². The lowest BCUT2D eigenvalue weighted by atomic mass is 9.93. The summed E-state index contributed by atoms with van der Waals surface area (Å²) in [4.78, 5) is 31.3. The van der Waals surface area contributed by atoms with Crippen molar-refractivity contribution < 1.29 is 19.1 Å². The number of aliphatic hydroxyl groups is 1. The van der Waals surface area contributed by atoms with Gasteiger partial charge in [-0.25, -0.2) is 0 Å². The molecule has 2 aromatic heterocycles. The van der Waals surface area contributed by atoms with Gasteiger partial charge in [0.05, 0.1) is 24.4 Å². The Morgan fingerprint density at radius 1 is 1.12 bits per heavy atom. The number of carbonyl (C=O) groups excluding carboxylic acids is 2. The monoisotopic (exact) mass is 504 g/mol. The molecule has 1 unspecified atom stereocenters. The van der Waals surface area contributed by atoms with E-state index in [1.165, 1.54) is 11.2 Å². The highest BCUT2D eigenvalue weighted by Crippen LogP contribution is 2.44. The van der Waals surface area contributed by atoms with Crippen molar-refractivity contribution in [3.8, 4) is 0 Å². The first-order valence-corrected chi connectivity index (χ1v) is 11.3. The lowest BCUT2D eigenvalue weighted by molar-refractivity contribution is -0.140. The van der Waals surface area contributed by atoms with E-state index in [2.05, 4.69) is 20.9 Å². The lowest BCUT2D eigenvalue weighted by Gasteiger charge is -2.25. The van der Waals surface area contributed by atoms with Gasteiger partial charge in [0.2, 0.25) is 0 Å². The molecule has 4 aromatic rings. The lowest BCUT2D eigenvalue weighted by Crippen LogP contribution is -2.29. The average molecular weight is 505 g/mol. The molecule has 1 atom stereocenters. The van der Waals surface area contributed by atoms with Crippen LogP contribution in [0.3, 0.4) is 0 Å². The van der Waals surface area contributed by atoms with E-state index >= 15 is 0 Å². The number of aliphatic hydroxyl groups excluding tert-OH is 1. The van der Waals surface area contributed by atoms with E-state index in [1.807, 2.05) is 44.2 Å². The molecule has 0 bridgehead atoms. The number of aromatic nitrogens is 1. The number of halogens is 1. The van der Waals surface area contributed by atoms with Gasteiger partial charge >= 0.3 is 0 Å². The maximum atomic E-state index is 13.3. The van der Waals surface area contributed by atoms with Gasteiger partial charge in [-0.15, -0.1) is 0 Å². The number of benzene rings is 2. The molecular formula is C26H21BrN2O4. The second-order valence-corrected chi connectivity index (χ2v) is 9.03. The van der Waals surface area contributed by atoms with E-state index in [-0.39, 0.29) is 17.9 Å². The van der Waals surface area contributed by atoms with Crippen LogP contribution in [0.5, 0.6) is 0 Å². The summed E-state index contributed by atoms with van der Waals surface area (Å²) in [5, 5.41) is 12.2. The van der Waals surface area contributed by atoms with Gasteiger partial charge in [-0.1, -0.05) is 40.2 Å². The Morgan fingerprint density at radius 2 is 1.91 bits per heavy atom. The maximum absolute atomic E-state index is 13.3. The number of amides is 1. The molecule has 0 aliphatic carbocycles. The Labute approximate surface area is 198 Å². The number of para-hydroxylation sites is 1. The zero-order valence-electron chi connectivity index (χ0n) is 18.1. The first-order valence-electron chi connectivity index (χ1n) is 10.5. The minimum atomic E-state index is -0.768. The number of fused-ring (bicyclic) bond motifs is 1. The van der Waals surface area contributed by atoms with Crippen molar-refractivity contribution in [2.45, 2.75) is 26.4 Å². The van der Waals surface area contributed by atoms with E-state index in [9.17, 15) is 14.7 Å². The number of ketones is 1. The van der Waals surface area contributed by atoms with Crippen molar-refractivity contribution in [1.82, 2.24) is 9.88 Å². The van der Waals surface area contributed by atoms with Crippen LogP contribution in [0.1, 0.15) is 34.2 Å². The number of hydrogen-bond donors (Lipinski definition) is 2. The Morgan fingerprint density at radius 3 is 2.64 bits per heavy atom. The minimum Gasteiger partial charge on any atom is -0.507 e. The number of H-pyrrole nitrogens is 1.